The maximum absolute atomic E-state index is 14.3. The third kappa shape index (κ3) is 5.31. The minimum Gasteiger partial charge on any atom is -0.370 e. The van der Waals surface area contributed by atoms with E-state index < -0.39 is 11.7 Å². The van der Waals surface area contributed by atoms with E-state index in [2.05, 4.69) is 15.5 Å². The molecular formula is C22H26FN3O2. The number of nitrogens with zero attached hydrogens (tertiary/aromatic N) is 1. The smallest absolute Gasteiger partial charge is 0.243 e. The van der Waals surface area contributed by atoms with Crippen molar-refractivity contribution in [1.29, 1.82) is 0 Å². The number of hydrogen-bond donors (Lipinski definition) is 2. The summed E-state index contributed by atoms with van der Waals surface area (Å²) in [6, 6.07) is 12.8. The number of carbonyl (C=O) groups excluding carboxylic acids is 2. The molecule has 5 nitrogen and oxygen atoms in total. The molecule has 0 unspecified atom stereocenters. The molecule has 0 spiro atoms. The Hall–Kier alpha value is -2.89. The van der Waals surface area contributed by atoms with E-state index in [1.807, 2.05) is 37.3 Å². The topological polar surface area (TPSA) is 61.4 Å². The maximum atomic E-state index is 14.3. The molecule has 3 rings (SSSR count). The van der Waals surface area contributed by atoms with Gasteiger partial charge >= 0.3 is 0 Å². The molecule has 1 aliphatic rings. The summed E-state index contributed by atoms with van der Waals surface area (Å²) >= 11 is 0. The van der Waals surface area contributed by atoms with Gasteiger partial charge in [-0.3, -0.25) is 9.59 Å². The van der Waals surface area contributed by atoms with E-state index in [0.29, 0.717) is 18.5 Å². The van der Waals surface area contributed by atoms with Crippen molar-refractivity contribution in [3.8, 4) is 0 Å². The zero-order chi connectivity index (χ0) is 19.9. The van der Waals surface area contributed by atoms with Gasteiger partial charge in [-0.2, -0.15) is 0 Å². The van der Waals surface area contributed by atoms with Crippen LogP contribution in [0.2, 0.25) is 0 Å². The average Bonchev–Trinajstić information content (AvgIpc) is 3.22. The molecule has 0 saturated carbocycles. The van der Waals surface area contributed by atoms with Gasteiger partial charge in [0.25, 0.3) is 0 Å². The summed E-state index contributed by atoms with van der Waals surface area (Å²) in [4.78, 5) is 26.3. The summed E-state index contributed by atoms with van der Waals surface area (Å²) in [6.07, 6.45) is 3.02. The largest absolute Gasteiger partial charge is 0.370 e. The van der Waals surface area contributed by atoms with Crippen molar-refractivity contribution >= 4 is 23.2 Å². The van der Waals surface area contributed by atoms with Crippen molar-refractivity contribution < 1.29 is 14.0 Å². The molecule has 0 radical (unpaired) electrons. The first-order chi connectivity index (χ1) is 13.5. The summed E-state index contributed by atoms with van der Waals surface area (Å²) in [5.41, 5.74) is 3.12. The van der Waals surface area contributed by atoms with E-state index in [1.54, 1.807) is 6.07 Å². The maximum Gasteiger partial charge on any atom is 0.243 e. The number of aryl methyl sites for hydroxylation is 2. The molecule has 1 heterocycles. The van der Waals surface area contributed by atoms with Crippen LogP contribution in [-0.4, -0.2) is 31.4 Å². The molecule has 0 aliphatic carbocycles. The Balaban J connectivity index is 1.50. The van der Waals surface area contributed by atoms with Crippen LogP contribution in [0.3, 0.4) is 0 Å². The first-order valence-corrected chi connectivity index (χ1v) is 9.68. The molecule has 2 amide bonds. The first-order valence-electron chi connectivity index (χ1n) is 9.68. The van der Waals surface area contributed by atoms with Gasteiger partial charge in [-0.05, 0) is 43.9 Å². The van der Waals surface area contributed by atoms with Gasteiger partial charge in [0.1, 0.15) is 11.5 Å². The highest BCUT2D eigenvalue weighted by atomic mass is 19.1. The lowest BCUT2D eigenvalue weighted by molar-refractivity contribution is -0.124. The number of anilines is 2. The second-order valence-corrected chi connectivity index (χ2v) is 7.14. The zero-order valence-electron chi connectivity index (χ0n) is 16.1. The van der Waals surface area contributed by atoms with Crippen molar-refractivity contribution in [2.24, 2.45) is 0 Å². The van der Waals surface area contributed by atoms with Gasteiger partial charge in [0.2, 0.25) is 11.8 Å². The van der Waals surface area contributed by atoms with Gasteiger partial charge in [-0.25, -0.2) is 4.39 Å². The first kappa shape index (κ1) is 19.9. The van der Waals surface area contributed by atoms with Gasteiger partial charge in [-0.15, -0.1) is 0 Å². The molecule has 1 fully saturated rings. The molecule has 2 aromatic carbocycles. The van der Waals surface area contributed by atoms with Gasteiger partial charge in [0.15, 0.2) is 0 Å². The number of benzene rings is 2. The van der Waals surface area contributed by atoms with E-state index in [-0.39, 0.29) is 18.1 Å². The quantitative estimate of drug-likeness (QED) is 0.770. The summed E-state index contributed by atoms with van der Waals surface area (Å²) in [6.45, 7) is 3.53. The standard InChI is InChI=1S/C22H26FN3O2/c1-16-7-9-17(10-8-16)11-12-20(27)24-15-21(28)25-22-18(23)5-4-6-19(22)26-13-2-3-14-26/h4-10H,2-3,11-15H2,1H3,(H,24,27)(H,25,28). The summed E-state index contributed by atoms with van der Waals surface area (Å²) in [5, 5.41) is 5.23. The number of para-hydroxylation sites is 1. The second kappa shape index (κ2) is 9.35. The van der Waals surface area contributed by atoms with Crippen LogP contribution < -0.4 is 15.5 Å². The van der Waals surface area contributed by atoms with Crippen molar-refractivity contribution in [3.05, 3.63) is 59.4 Å². The number of rotatable bonds is 7. The molecule has 148 valence electrons. The lowest BCUT2D eigenvalue weighted by Gasteiger charge is -2.22. The monoisotopic (exact) mass is 383 g/mol. The molecule has 6 heteroatoms. The molecular weight excluding hydrogens is 357 g/mol. The highest BCUT2D eigenvalue weighted by Crippen LogP contribution is 2.31. The fraction of sp³-hybridized carbons (Fsp3) is 0.364. The molecule has 0 atom stereocenters. The Bertz CT molecular complexity index is 830. The highest BCUT2D eigenvalue weighted by Gasteiger charge is 2.19. The van der Waals surface area contributed by atoms with Crippen LogP contribution in [0.25, 0.3) is 0 Å². The van der Waals surface area contributed by atoms with E-state index in [1.165, 1.54) is 11.6 Å². The van der Waals surface area contributed by atoms with E-state index in [9.17, 15) is 14.0 Å². The Morgan fingerprint density at radius 2 is 1.75 bits per heavy atom. The van der Waals surface area contributed by atoms with Crippen LogP contribution in [0, 0.1) is 12.7 Å². The lowest BCUT2D eigenvalue weighted by atomic mass is 10.1. The molecule has 1 saturated heterocycles. The van der Waals surface area contributed by atoms with Crippen molar-refractivity contribution in [1.82, 2.24) is 5.32 Å². The van der Waals surface area contributed by atoms with E-state index >= 15 is 0 Å². The number of halogens is 1. The Morgan fingerprint density at radius 1 is 1.04 bits per heavy atom. The SMILES string of the molecule is Cc1ccc(CCC(=O)NCC(=O)Nc2c(F)cccc2N2CCCC2)cc1. The average molecular weight is 383 g/mol. The molecule has 0 bridgehead atoms. The fourth-order valence-electron chi connectivity index (χ4n) is 3.32. The minimum absolute atomic E-state index is 0.180. The van der Waals surface area contributed by atoms with Crippen molar-refractivity contribution in [2.45, 2.75) is 32.6 Å². The normalized spacial score (nSPS) is 13.4. The van der Waals surface area contributed by atoms with Crippen LogP contribution in [-0.2, 0) is 16.0 Å². The van der Waals surface area contributed by atoms with E-state index in [4.69, 9.17) is 0 Å². The Labute approximate surface area is 164 Å². The molecule has 2 N–H and O–H groups in total. The zero-order valence-corrected chi connectivity index (χ0v) is 16.1. The third-order valence-electron chi connectivity index (χ3n) is 4.91. The lowest BCUT2D eigenvalue weighted by Crippen LogP contribution is -2.33. The second-order valence-electron chi connectivity index (χ2n) is 7.14. The Kier molecular flexibility index (Phi) is 6.63. The highest BCUT2D eigenvalue weighted by molar-refractivity contribution is 5.97. The van der Waals surface area contributed by atoms with Gasteiger partial charge in [-0.1, -0.05) is 35.9 Å². The molecule has 0 aromatic heterocycles. The van der Waals surface area contributed by atoms with Crippen LogP contribution in [0.5, 0.6) is 0 Å². The summed E-state index contributed by atoms with van der Waals surface area (Å²) < 4.78 is 14.3. The number of nitrogens with one attached hydrogen (secondary N) is 2. The third-order valence-corrected chi connectivity index (χ3v) is 4.91. The number of hydrogen-bond acceptors (Lipinski definition) is 3. The molecule has 28 heavy (non-hydrogen) atoms. The van der Waals surface area contributed by atoms with Crippen LogP contribution >= 0.6 is 0 Å². The van der Waals surface area contributed by atoms with Crippen LogP contribution in [0.4, 0.5) is 15.8 Å². The molecule has 2 aromatic rings. The van der Waals surface area contributed by atoms with E-state index in [0.717, 1.165) is 31.5 Å². The predicted molar refractivity (Wildman–Crippen MR) is 109 cm³/mol. The summed E-state index contributed by atoms with van der Waals surface area (Å²) in [5.74, 6) is -1.11. The Morgan fingerprint density at radius 3 is 2.46 bits per heavy atom. The van der Waals surface area contributed by atoms with Crippen LogP contribution in [0.1, 0.15) is 30.4 Å². The predicted octanol–water partition coefficient (Wildman–Crippen LogP) is 3.42. The number of carbonyl (C=O) groups is 2. The molecule has 1 aliphatic heterocycles. The minimum atomic E-state index is -0.469. The van der Waals surface area contributed by atoms with Crippen LogP contribution in [0.15, 0.2) is 42.5 Å². The van der Waals surface area contributed by atoms with Crippen molar-refractivity contribution in [2.75, 3.05) is 29.9 Å². The number of amides is 2. The van der Waals surface area contributed by atoms with Gasteiger partial charge in [0.05, 0.1) is 12.2 Å². The van der Waals surface area contributed by atoms with Gasteiger partial charge in [0, 0.05) is 19.5 Å². The fourth-order valence-corrected chi connectivity index (χ4v) is 3.32. The summed E-state index contributed by atoms with van der Waals surface area (Å²) in [7, 11) is 0. The van der Waals surface area contributed by atoms with Crippen molar-refractivity contribution in [3.63, 3.8) is 0 Å². The van der Waals surface area contributed by atoms with Gasteiger partial charge < -0.3 is 15.5 Å².